The van der Waals surface area contributed by atoms with E-state index in [1.54, 1.807) is 49.4 Å². The second-order valence-corrected chi connectivity index (χ2v) is 5.41. The molecule has 0 saturated heterocycles. The van der Waals surface area contributed by atoms with E-state index in [4.69, 9.17) is 5.11 Å². The fourth-order valence-corrected chi connectivity index (χ4v) is 2.03. The Morgan fingerprint density at radius 3 is 2.39 bits per heavy atom. The molecule has 1 atom stereocenters. The van der Waals surface area contributed by atoms with Crippen molar-refractivity contribution in [1.82, 2.24) is 5.32 Å². The summed E-state index contributed by atoms with van der Waals surface area (Å²) in [6.45, 7) is 3.44. The number of aryl methyl sites for hydroxylation is 1. The van der Waals surface area contributed by atoms with Crippen molar-refractivity contribution < 1.29 is 14.7 Å². The van der Waals surface area contributed by atoms with Crippen molar-refractivity contribution in [3.63, 3.8) is 0 Å². The second kappa shape index (κ2) is 7.56. The molecule has 0 aromatic heterocycles. The van der Waals surface area contributed by atoms with Crippen molar-refractivity contribution in [3.8, 4) is 0 Å². The topological polar surface area (TPSA) is 78.4 Å². The lowest BCUT2D eigenvalue weighted by molar-refractivity contribution is 0.0921. The number of amides is 2. The molecular weight excluding hydrogens is 292 g/mol. The highest BCUT2D eigenvalue weighted by Gasteiger charge is 2.12. The molecule has 5 heteroatoms. The summed E-state index contributed by atoms with van der Waals surface area (Å²) in [7, 11) is 0. The van der Waals surface area contributed by atoms with Gasteiger partial charge < -0.3 is 15.7 Å². The highest BCUT2D eigenvalue weighted by atomic mass is 16.3. The minimum atomic E-state index is -0.328. The van der Waals surface area contributed by atoms with Crippen LogP contribution < -0.4 is 10.6 Å². The van der Waals surface area contributed by atoms with E-state index in [0.717, 1.165) is 5.56 Å². The molecule has 0 spiro atoms. The molecule has 120 valence electrons. The van der Waals surface area contributed by atoms with Crippen LogP contribution in [0.4, 0.5) is 5.69 Å². The predicted molar refractivity (Wildman–Crippen MR) is 89.6 cm³/mol. The molecule has 2 aromatic carbocycles. The molecule has 5 nitrogen and oxygen atoms in total. The van der Waals surface area contributed by atoms with Gasteiger partial charge in [0.15, 0.2) is 0 Å². The molecule has 2 rings (SSSR count). The van der Waals surface area contributed by atoms with E-state index in [9.17, 15) is 9.59 Å². The minimum Gasteiger partial charge on any atom is -0.394 e. The summed E-state index contributed by atoms with van der Waals surface area (Å²) in [6, 6.07) is 13.7. The Morgan fingerprint density at radius 2 is 1.74 bits per heavy atom. The molecule has 0 saturated carbocycles. The van der Waals surface area contributed by atoms with Gasteiger partial charge >= 0.3 is 0 Å². The monoisotopic (exact) mass is 312 g/mol. The van der Waals surface area contributed by atoms with E-state index in [1.165, 1.54) is 0 Å². The molecule has 0 aliphatic carbocycles. The first kappa shape index (κ1) is 16.7. The van der Waals surface area contributed by atoms with Gasteiger partial charge in [-0.25, -0.2) is 0 Å². The fourth-order valence-electron chi connectivity index (χ4n) is 2.03. The van der Waals surface area contributed by atoms with Crippen molar-refractivity contribution in [2.45, 2.75) is 19.9 Å². The van der Waals surface area contributed by atoms with Gasteiger partial charge in [0.05, 0.1) is 6.61 Å². The quantitative estimate of drug-likeness (QED) is 0.793. The number of aliphatic hydroxyl groups excluding tert-OH is 1. The van der Waals surface area contributed by atoms with E-state index in [0.29, 0.717) is 16.8 Å². The maximum Gasteiger partial charge on any atom is 0.255 e. The third kappa shape index (κ3) is 4.40. The number of hydrogen-bond donors (Lipinski definition) is 3. The van der Waals surface area contributed by atoms with Crippen LogP contribution in [0.3, 0.4) is 0 Å². The van der Waals surface area contributed by atoms with Gasteiger partial charge in [-0.2, -0.15) is 0 Å². The van der Waals surface area contributed by atoms with Gasteiger partial charge in [-0.05, 0) is 43.7 Å². The smallest absolute Gasteiger partial charge is 0.255 e. The highest BCUT2D eigenvalue weighted by molar-refractivity contribution is 6.05. The van der Waals surface area contributed by atoms with Crippen molar-refractivity contribution >= 4 is 17.5 Å². The molecule has 0 aliphatic rings. The van der Waals surface area contributed by atoms with E-state index in [2.05, 4.69) is 10.6 Å². The molecule has 0 radical (unpaired) electrons. The number of carbonyl (C=O) groups excluding carboxylic acids is 2. The largest absolute Gasteiger partial charge is 0.394 e. The Kier molecular flexibility index (Phi) is 5.49. The zero-order valence-electron chi connectivity index (χ0n) is 13.2. The van der Waals surface area contributed by atoms with Crippen molar-refractivity contribution in [3.05, 3.63) is 65.2 Å². The molecule has 3 N–H and O–H groups in total. The van der Waals surface area contributed by atoms with Crippen molar-refractivity contribution in [1.29, 1.82) is 0 Å². The van der Waals surface area contributed by atoms with Gasteiger partial charge in [-0.1, -0.05) is 24.3 Å². The van der Waals surface area contributed by atoms with Gasteiger partial charge in [-0.15, -0.1) is 0 Å². The molecule has 2 aromatic rings. The SMILES string of the molecule is Cc1ccc(C(=O)NC(C)CO)cc1NC(=O)c1ccccc1. The van der Waals surface area contributed by atoms with E-state index in [-0.39, 0.29) is 24.5 Å². The molecule has 0 heterocycles. The van der Waals surface area contributed by atoms with Crippen LogP contribution in [0.25, 0.3) is 0 Å². The number of rotatable bonds is 5. The lowest BCUT2D eigenvalue weighted by Crippen LogP contribution is -2.35. The van der Waals surface area contributed by atoms with E-state index in [1.807, 2.05) is 13.0 Å². The summed E-state index contributed by atoms with van der Waals surface area (Å²) in [5, 5.41) is 14.5. The first-order chi connectivity index (χ1) is 11.0. The van der Waals surface area contributed by atoms with Crippen LogP contribution in [-0.2, 0) is 0 Å². The molecule has 1 unspecified atom stereocenters. The predicted octanol–water partition coefficient (Wildman–Crippen LogP) is 2.36. The zero-order valence-corrected chi connectivity index (χ0v) is 13.2. The van der Waals surface area contributed by atoms with E-state index < -0.39 is 0 Å². The summed E-state index contributed by atoms with van der Waals surface area (Å²) in [6.07, 6.45) is 0. The van der Waals surface area contributed by atoms with Crippen LogP contribution in [0.5, 0.6) is 0 Å². The number of hydrogen-bond acceptors (Lipinski definition) is 3. The highest BCUT2D eigenvalue weighted by Crippen LogP contribution is 2.18. The molecule has 2 amide bonds. The van der Waals surface area contributed by atoms with Crippen LogP contribution in [-0.4, -0.2) is 29.6 Å². The number of aliphatic hydroxyl groups is 1. The Bertz CT molecular complexity index is 699. The summed E-state index contributed by atoms with van der Waals surface area (Å²) < 4.78 is 0. The molecule has 0 bridgehead atoms. The van der Waals surface area contributed by atoms with Gasteiger partial charge in [0.1, 0.15) is 0 Å². The standard InChI is InChI=1S/C18H20N2O3/c1-12-8-9-15(18(23)19-13(2)11-21)10-16(12)20-17(22)14-6-4-3-5-7-14/h3-10,13,21H,11H2,1-2H3,(H,19,23)(H,20,22). The fraction of sp³-hybridized carbons (Fsp3) is 0.222. The lowest BCUT2D eigenvalue weighted by atomic mass is 10.1. The van der Waals surface area contributed by atoms with Crippen LogP contribution in [0.1, 0.15) is 33.2 Å². The first-order valence-corrected chi connectivity index (χ1v) is 7.40. The second-order valence-electron chi connectivity index (χ2n) is 5.41. The maximum atomic E-state index is 12.2. The number of nitrogens with one attached hydrogen (secondary N) is 2. The minimum absolute atomic E-state index is 0.130. The molecular formula is C18H20N2O3. The van der Waals surface area contributed by atoms with Crippen molar-refractivity contribution in [2.75, 3.05) is 11.9 Å². The summed E-state index contributed by atoms with van der Waals surface area (Å²) in [4.78, 5) is 24.3. The summed E-state index contributed by atoms with van der Waals surface area (Å²) in [5.41, 5.74) is 2.43. The van der Waals surface area contributed by atoms with Gasteiger partial charge in [0, 0.05) is 22.9 Å². The Balaban J connectivity index is 2.17. The van der Waals surface area contributed by atoms with Crippen LogP contribution in [0.15, 0.2) is 48.5 Å². The third-order valence-corrected chi connectivity index (χ3v) is 3.44. The number of carbonyl (C=O) groups is 2. The van der Waals surface area contributed by atoms with Crippen LogP contribution >= 0.6 is 0 Å². The van der Waals surface area contributed by atoms with Gasteiger partial charge in [0.2, 0.25) is 0 Å². The first-order valence-electron chi connectivity index (χ1n) is 7.40. The van der Waals surface area contributed by atoms with Crippen LogP contribution in [0, 0.1) is 6.92 Å². The maximum absolute atomic E-state index is 12.2. The van der Waals surface area contributed by atoms with Gasteiger partial charge in [0.25, 0.3) is 11.8 Å². The summed E-state index contributed by atoms with van der Waals surface area (Å²) >= 11 is 0. The number of benzene rings is 2. The molecule has 23 heavy (non-hydrogen) atoms. The van der Waals surface area contributed by atoms with Crippen LogP contribution in [0.2, 0.25) is 0 Å². The molecule has 0 aliphatic heterocycles. The Morgan fingerprint density at radius 1 is 1.04 bits per heavy atom. The van der Waals surface area contributed by atoms with E-state index >= 15 is 0 Å². The normalized spacial score (nSPS) is 11.6. The number of anilines is 1. The summed E-state index contributed by atoms with van der Waals surface area (Å²) in [5.74, 6) is -0.517. The average molecular weight is 312 g/mol. The third-order valence-electron chi connectivity index (χ3n) is 3.44. The Hall–Kier alpha value is -2.66. The molecule has 0 fully saturated rings. The average Bonchev–Trinajstić information content (AvgIpc) is 2.57. The van der Waals surface area contributed by atoms with Gasteiger partial charge in [-0.3, -0.25) is 9.59 Å². The van der Waals surface area contributed by atoms with Crippen molar-refractivity contribution in [2.24, 2.45) is 0 Å². The lowest BCUT2D eigenvalue weighted by Gasteiger charge is -2.13. The Labute approximate surface area is 135 Å². The zero-order chi connectivity index (χ0) is 16.8.